The summed E-state index contributed by atoms with van der Waals surface area (Å²) in [6.07, 6.45) is 0. The van der Waals surface area contributed by atoms with Crippen LogP contribution in [0, 0.1) is 27.7 Å². The predicted octanol–water partition coefficient (Wildman–Crippen LogP) is 4.93. The van der Waals surface area contributed by atoms with Crippen LogP contribution in [-0.2, 0) is 0 Å². The SMILES string of the molecule is Cc1cc(C)c(Nc2nc(C)cc(Nc3ccc4c(c3)OCO4)n2)c(C)c1. The average Bonchev–Trinajstić information content (AvgIpc) is 3.05. The van der Waals surface area contributed by atoms with Crippen molar-refractivity contribution in [2.75, 3.05) is 17.4 Å². The molecule has 0 atom stereocenters. The number of nitrogens with zero attached hydrogens (tertiary/aromatic N) is 2. The number of hydrogen-bond donors (Lipinski definition) is 2. The zero-order valence-corrected chi connectivity index (χ0v) is 15.9. The molecule has 0 fully saturated rings. The Hall–Kier alpha value is -3.28. The van der Waals surface area contributed by atoms with Crippen molar-refractivity contribution in [2.45, 2.75) is 27.7 Å². The molecule has 3 aromatic rings. The summed E-state index contributed by atoms with van der Waals surface area (Å²) in [7, 11) is 0. The summed E-state index contributed by atoms with van der Waals surface area (Å²) in [6.45, 7) is 8.48. The molecule has 0 amide bonds. The van der Waals surface area contributed by atoms with Crippen LogP contribution in [0.25, 0.3) is 0 Å². The molecule has 2 heterocycles. The number of aromatic nitrogens is 2. The Morgan fingerprint density at radius 2 is 1.56 bits per heavy atom. The smallest absolute Gasteiger partial charge is 0.231 e. The molecule has 6 nitrogen and oxygen atoms in total. The van der Waals surface area contributed by atoms with Gasteiger partial charge in [-0.2, -0.15) is 4.98 Å². The van der Waals surface area contributed by atoms with Gasteiger partial charge >= 0.3 is 0 Å². The van der Waals surface area contributed by atoms with E-state index >= 15 is 0 Å². The van der Waals surface area contributed by atoms with E-state index < -0.39 is 0 Å². The molecule has 2 N–H and O–H groups in total. The standard InChI is InChI=1S/C21H22N4O2/c1-12-7-13(2)20(14(3)8-12)25-21-22-15(4)9-19(24-21)23-16-5-6-17-18(10-16)27-11-26-17/h5-10H,11H2,1-4H3,(H2,22,23,24,25). The van der Waals surface area contributed by atoms with Gasteiger partial charge in [0.05, 0.1) is 0 Å². The van der Waals surface area contributed by atoms with Gasteiger partial charge in [-0.3, -0.25) is 0 Å². The first-order chi connectivity index (χ1) is 13.0. The summed E-state index contributed by atoms with van der Waals surface area (Å²) in [5.74, 6) is 2.77. The average molecular weight is 362 g/mol. The summed E-state index contributed by atoms with van der Waals surface area (Å²) < 4.78 is 10.8. The number of fused-ring (bicyclic) bond motifs is 1. The number of ether oxygens (including phenoxy) is 2. The maximum absolute atomic E-state index is 5.43. The van der Waals surface area contributed by atoms with Crippen molar-refractivity contribution < 1.29 is 9.47 Å². The van der Waals surface area contributed by atoms with E-state index in [9.17, 15) is 0 Å². The quantitative estimate of drug-likeness (QED) is 0.686. The van der Waals surface area contributed by atoms with E-state index in [1.54, 1.807) is 0 Å². The largest absolute Gasteiger partial charge is 0.454 e. The second-order valence-electron chi connectivity index (χ2n) is 6.81. The van der Waals surface area contributed by atoms with Gasteiger partial charge in [0, 0.05) is 29.2 Å². The fraction of sp³-hybridized carbons (Fsp3) is 0.238. The molecule has 6 heteroatoms. The zero-order chi connectivity index (χ0) is 19.0. The van der Waals surface area contributed by atoms with Crippen LogP contribution in [0.1, 0.15) is 22.4 Å². The highest BCUT2D eigenvalue weighted by Crippen LogP contribution is 2.35. The molecule has 27 heavy (non-hydrogen) atoms. The normalized spacial score (nSPS) is 12.1. The van der Waals surface area contributed by atoms with Crippen LogP contribution >= 0.6 is 0 Å². The van der Waals surface area contributed by atoms with Gasteiger partial charge in [-0.25, -0.2) is 4.98 Å². The fourth-order valence-corrected chi connectivity index (χ4v) is 3.30. The molecule has 0 saturated heterocycles. The third kappa shape index (κ3) is 3.65. The number of nitrogens with one attached hydrogen (secondary N) is 2. The van der Waals surface area contributed by atoms with E-state index in [1.807, 2.05) is 31.2 Å². The monoisotopic (exact) mass is 362 g/mol. The van der Waals surface area contributed by atoms with Gasteiger partial charge in [0.1, 0.15) is 5.82 Å². The van der Waals surface area contributed by atoms with Gasteiger partial charge in [-0.05, 0) is 51.0 Å². The summed E-state index contributed by atoms with van der Waals surface area (Å²) in [5, 5.41) is 6.68. The van der Waals surface area contributed by atoms with Crippen LogP contribution in [0.2, 0.25) is 0 Å². The van der Waals surface area contributed by atoms with E-state index in [0.29, 0.717) is 11.8 Å². The van der Waals surface area contributed by atoms with Gasteiger partial charge in [0.25, 0.3) is 0 Å². The molecular weight excluding hydrogens is 340 g/mol. The van der Waals surface area contributed by atoms with Gasteiger partial charge in [0.15, 0.2) is 11.5 Å². The minimum atomic E-state index is 0.259. The van der Waals surface area contributed by atoms with Crippen LogP contribution in [0.4, 0.5) is 23.1 Å². The molecular formula is C21H22N4O2. The zero-order valence-electron chi connectivity index (χ0n) is 15.9. The van der Waals surface area contributed by atoms with Crippen LogP contribution in [0.5, 0.6) is 11.5 Å². The van der Waals surface area contributed by atoms with Crippen molar-refractivity contribution in [1.82, 2.24) is 9.97 Å². The molecule has 0 radical (unpaired) electrons. The lowest BCUT2D eigenvalue weighted by Crippen LogP contribution is -2.04. The first-order valence-corrected chi connectivity index (χ1v) is 8.85. The maximum atomic E-state index is 5.43. The van der Waals surface area contributed by atoms with Crippen molar-refractivity contribution in [3.8, 4) is 11.5 Å². The number of hydrogen-bond acceptors (Lipinski definition) is 6. The Balaban J connectivity index is 1.60. The van der Waals surface area contributed by atoms with Gasteiger partial charge in [0.2, 0.25) is 12.7 Å². The molecule has 138 valence electrons. The van der Waals surface area contributed by atoms with E-state index in [2.05, 4.69) is 53.5 Å². The second-order valence-corrected chi connectivity index (χ2v) is 6.81. The van der Waals surface area contributed by atoms with E-state index in [1.165, 1.54) is 16.7 Å². The van der Waals surface area contributed by atoms with Crippen molar-refractivity contribution in [3.63, 3.8) is 0 Å². The van der Waals surface area contributed by atoms with Crippen molar-refractivity contribution >= 4 is 23.1 Å². The highest BCUT2D eigenvalue weighted by atomic mass is 16.7. The molecule has 2 aromatic carbocycles. The molecule has 1 aliphatic heterocycles. The fourth-order valence-electron chi connectivity index (χ4n) is 3.30. The molecule has 1 aliphatic rings. The van der Waals surface area contributed by atoms with E-state index in [0.717, 1.165) is 28.6 Å². The summed E-state index contributed by atoms with van der Waals surface area (Å²) in [6, 6.07) is 11.9. The van der Waals surface area contributed by atoms with E-state index in [4.69, 9.17) is 9.47 Å². The third-order valence-corrected chi connectivity index (χ3v) is 4.41. The number of benzene rings is 2. The van der Waals surface area contributed by atoms with Gasteiger partial charge in [-0.15, -0.1) is 0 Å². The predicted molar refractivity (Wildman–Crippen MR) is 107 cm³/mol. The molecule has 4 rings (SSSR count). The van der Waals surface area contributed by atoms with Crippen molar-refractivity contribution in [1.29, 1.82) is 0 Å². The summed E-state index contributed by atoms with van der Waals surface area (Å²) in [5.41, 5.74) is 6.38. The van der Waals surface area contributed by atoms with Gasteiger partial charge < -0.3 is 20.1 Å². The second kappa shape index (κ2) is 6.79. The highest BCUT2D eigenvalue weighted by molar-refractivity contribution is 5.66. The topological polar surface area (TPSA) is 68.3 Å². The molecule has 0 spiro atoms. The third-order valence-electron chi connectivity index (χ3n) is 4.41. The highest BCUT2D eigenvalue weighted by Gasteiger charge is 2.14. The van der Waals surface area contributed by atoms with Crippen LogP contribution in [0.3, 0.4) is 0 Å². The van der Waals surface area contributed by atoms with Crippen LogP contribution < -0.4 is 20.1 Å². The Morgan fingerprint density at radius 3 is 2.33 bits per heavy atom. The minimum absolute atomic E-state index is 0.259. The lowest BCUT2D eigenvalue weighted by atomic mass is 10.1. The van der Waals surface area contributed by atoms with Crippen molar-refractivity contribution in [3.05, 3.63) is 58.8 Å². The van der Waals surface area contributed by atoms with Crippen molar-refractivity contribution in [2.24, 2.45) is 0 Å². The molecule has 0 bridgehead atoms. The Labute approximate surface area is 158 Å². The number of rotatable bonds is 4. The Kier molecular flexibility index (Phi) is 4.32. The molecule has 0 unspecified atom stereocenters. The maximum Gasteiger partial charge on any atom is 0.231 e. The molecule has 0 aliphatic carbocycles. The molecule has 0 saturated carbocycles. The first kappa shape index (κ1) is 17.1. The lowest BCUT2D eigenvalue weighted by Gasteiger charge is -2.14. The summed E-state index contributed by atoms with van der Waals surface area (Å²) >= 11 is 0. The van der Waals surface area contributed by atoms with Gasteiger partial charge in [-0.1, -0.05) is 17.7 Å². The minimum Gasteiger partial charge on any atom is -0.454 e. The Bertz CT molecular complexity index is 994. The molecule has 1 aromatic heterocycles. The lowest BCUT2D eigenvalue weighted by molar-refractivity contribution is 0.174. The Morgan fingerprint density at radius 1 is 0.815 bits per heavy atom. The van der Waals surface area contributed by atoms with E-state index in [-0.39, 0.29) is 6.79 Å². The number of aryl methyl sites for hydroxylation is 4. The first-order valence-electron chi connectivity index (χ1n) is 8.85. The van der Waals surface area contributed by atoms with Crippen LogP contribution in [-0.4, -0.2) is 16.8 Å². The summed E-state index contributed by atoms with van der Waals surface area (Å²) in [4.78, 5) is 9.14. The number of anilines is 4. The van der Waals surface area contributed by atoms with Crippen LogP contribution in [0.15, 0.2) is 36.4 Å².